The van der Waals surface area contributed by atoms with Crippen molar-refractivity contribution in [2.45, 2.75) is 39.2 Å². The second kappa shape index (κ2) is 8.14. The Balaban J connectivity index is 2.17. The van der Waals surface area contributed by atoms with Gasteiger partial charge in [0.15, 0.2) is 0 Å². The Morgan fingerprint density at radius 3 is 2.62 bits per heavy atom. The van der Waals surface area contributed by atoms with Crippen LogP contribution in [-0.2, 0) is 12.8 Å². The van der Waals surface area contributed by atoms with Crippen molar-refractivity contribution in [3.63, 3.8) is 0 Å². The smallest absolute Gasteiger partial charge is 0.0992 e. The molecule has 1 N–H and O–H groups in total. The molecule has 0 aliphatic heterocycles. The van der Waals surface area contributed by atoms with Gasteiger partial charge < -0.3 is 5.32 Å². The third kappa shape index (κ3) is 4.68. The maximum absolute atomic E-state index is 6.31. The predicted molar refractivity (Wildman–Crippen MR) is 92.7 cm³/mol. The number of halogens is 2. The van der Waals surface area contributed by atoms with E-state index >= 15 is 0 Å². The lowest BCUT2D eigenvalue weighted by molar-refractivity contribution is 0.526. The van der Waals surface area contributed by atoms with Crippen LogP contribution in [0, 0.1) is 0 Å². The van der Waals surface area contributed by atoms with Gasteiger partial charge in [-0.1, -0.05) is 43.1 Å². The first-order valence-corrected chi connectivity index (χ1v) is 8.83. The van der Waals surface area contributed by atoms with Gasteiger partial charge in [-0.2, -0.15) is 0 Å². The van der Waals surface area contributed by atoms with E-state index in [-0.39, 0.29) is 6.04 Å². The van der Waals surface area contributed by atoms with Crippen LogP contribution in [0.1, 0.15) is 43.1 Å². The first-order valence-electron chi connectivity index (χ1n) is 7.26. The lowest BCUT2D eigenvalue weighted by atomic mass is 10.0. The fourth-order valence-corrected chi connectivity index (χ4v) is 3.77. The average Bonchev–Trinajstić information content (AvgIpc) is 2.83. The molecule has 0 aliphatic carbocycles. The van der Waals surface area contributed by atoms with Crippen LogP contribution in [-0.4, -0.2) is 11.5 Å². The van der Waals surface area contributed by atoms with Crippen molar-refractivity contribution in [3.8, 4) is 0 Å². The Morgan fingerprint density at radius 2 is 2.10 bits per heavy atom. The number of thiophene rings is 1. The van der Waals surface area contributed by atoms with E-state index in [4.69, 9.17) is 23.2 Å². The van der Waals surface area contributed by atoms with Gasteiger partial charge in [0.1, 0.15) is 0 Å². The molecule has 0 amide bonds. The molecule has 1 unspecified atom stereocenters. The molecule has 0 fully saturated rings. The zero-order chi connectivity index (χ0) is 15.2. The number of aryl methyl sites for hydroxylation is 1. The van der Waals surface area contributed by atoms with Crippen LogP contribution in [0.5, 0.6) is 0 Å². The molecule has 0 aliphatic rings. The van der Waals surface area contributed by atoms with E-state index in [2.05, 4.69) is 36.3 Å². The van der Waals surface area contributed by atoms with Crippen LogP contribution in [0.2, 0.25) is 8.67 Å². The van der Waals surface area contributed by atoms with Crippen molar-refractivity contribution in [3.05, 3.63) is 49.9 Å². The van der Waals surface area contributed by atoms with Gasteiger partial charge in [0.05, 0.1) is 8.67 Å². The Morgan fingerprint density at radius 1 is 1.29 bits per heavy atom. The quantitative estimate of drug-likeness (QED) is 0.738. The van der Waals surface area contributed by atoms with Crippen LogP contribution in [0.25, 0.3) is 0 Å². The molecule has 5 heteroatoms. The van der Waals surface area contributed by atoms with Crippen LogP contribution < -0.4 is 5.32 Å². The number of nitrogens with one attached hydrogen (secondary N) is 1. The van der Waals surface area contributed by atoms with Crippen LogP contribution in [0.3, 0.4) is 0 Å². The molecule has 0 saturated heterocycles. The Labute approximate surface area is 140 Å². The molecular formula is C16H20Cl2N2S. The zero-order valence-electron chi connectivity index (χ0n) is 12.3. The summed E-state index contributed by atoms with van der Waals surface area (Å²) in [7, 11) is 0. The molecule has 0 bridgehead atoms. The molecule has 2 aromatic heterocycles. The van der Waals surface area contributed by atoms with Crippen molar-refractivity contribution in [2.24, 2.45) is 0 Å². The normalized spacial score (nSPS) is 12.6. The van der Waals surface area contributed by atoms with Crippen molar-refractivity contribution < 1.29 is 0 Å². The lowest BCUT2D eigenvalue weighted by Crippen LogP contribution is -2.24. The highest BCUT2D eigenvalue weighted by atomic mass is 35.5. The standard InChI is InChI=1S/C16H20Cl2N2S/c1-3-7-19-14(13-9-15(17)21-16(13)18)8-12-6-5-11(4-2)10-20-12/h5-6,9-10,14,19H,3-4,7-8H2,1-2H3. The fourth-order valence-electron chi connectivity index (χ4n) is 2.20. The van der Waals surface area contributed by atoms with E-state index in [9.17, 15) is 0 Å². The molecule has 2 nitrogen and oxygen atoms in total. The van der Waals surface area contributed by atoms with Gasteiger partial charge in [-0.25, -0.2) is 0 Å². The minimum Gasteiger partial charge on any atom is -0.310 e. The Hall–Kier alpha value is -0.610. The Kier molecular flexibility index (Phi) is 6.49. The fraction of sp³-hybridized carbons (Fsp3) is 0.438. The van der Waals surface area contributed by atoms with Crippen molar-refractivity contribution in [2.75, 3.05) is 6.54 Å². The summed E-state index contributed by atoms with van der Waals surface area (Å²) in [6.07, 6.45) is 4.86. The largest absolute Gasteiger partial charge is 0.310 e. The highest BCUT2D eigenvalue weighted by molar-refractivity contribution is 7.20. The number of hydrogen-bond donors (Lipinski definition) is 1. The van der Waals surface area contributed by atoms with Gasteiger partial charge in [0, 0.05) is 29.9 Å². The van der Waals surface area contributed by atoms with Crippen LogP contribution in [0.15, 0.2) is 24.4 Å². The van der Waals surface area contributed by atoms with E-state index in [0.717, 1.165) is 45.7 Å². The van der Waals surface area contributed by atoms with Gasteiger partial charge >= 0.3 is 0 Å². The molecule has 2 aromatic rings. The number of rotatable bonds is 7. The number of nitrogens with zero attached hydrogens (tertiary/aromatic N) is 1. The molecule has 0 spiro atoms. The summed E-state index contributed by atoms with van der Waals surface area (Å²) < 4.78 is 1.49. The van der Waals surface area contributed by atoms with Crippen molar-refractivity contribution in [1.29, 1.82) is 0 Å². The maximum Gasteiger partial charge on any atom is 0.0992 e. The topological polar surface area (TPSA) is 24.9 Å². The van der Waals surface area contributed by atoms with Crippen molar-refractivity contribution >= 4 is 34.5 Å². The van der Waals surface area contributed by atoms with Crippen molar-refractivity contribution in [1.82, 2.24) is 10.3 Å². The number of aromatic nitrogens is 1. The molecule has 0 aromatic carbocycles. The van der Waals surface area contributed by atoms with Gasteiger partial charge in [-0.05, 0) is 37.1 Å². The summed E-state index contributed by atoms with van der Waals surface area (Å²) in [5, 5.41) is 3.54. The van der Waals surface area contributed by atoms with Gasteiger partial charge in [0.2, 0.25) is 0 Å². The summed E-state index contributed by atoms with van der Waals surface area (Å²) in [5.41, 5.74) is 3.40. The molecule has 0 saturated carbocycles. The first kappa shape index (κ1) is 16.8. The summed E-state index contributed by atoms with van der Waals surface area (Å²) in [4.78, 5) is 4.55. The second-order valence-corrected chi connectivity index (χ2v) is 7.29. The average molecular weight is 343 g/mol. The molecule has 2 heterocycles. The van der Waals surface area contributed by atoms with Crippen LogP contribution >= 0.6 is 34.5 Å². The molecular weight excluding hydrogens is 323 g/mol. The maximum atomic E-state index is 6.31. The third-order valence-electron chi connectivity index (χ3n) is 3.41. The molecule has 0 radical (unpaired) electrons. The van der Waals surface area contributed by atoms with E-state index < -0.39 is 0 Å². The lowest BCUT2D eigenvalue weighted by Gasteiger charge is -2.18. The SMILES string of the molecule is CCCNC(Cc1ccc(CC)cn1)c1cc(Cl)sc1Cl. The van der Waals surface area contributed by atoms with Gasteiger partial charge in [-0.3, -0.25) is 4.98 Å². The van der Waals surface area contributed by atoms with E-state index in [1.165, 1.54) is 16.9 Å². The summed E-state index contributed by atoms with van der Waals surface area (Å²) in [6, 6.07) is 6.35. The highest BCUT2D eigenvalue weighted by Gasteiger charge is 2.18. The summed E-state index contributed by atoms with van der Waals surface area (Å²) >= 11 is 13.8. The third-order valence-corrected chi connectivity index (χ3v) is 4.92. The minimum absolute atomic E-state index is 0.154. The van der Waals surface area contributed by atoms with E-state index in [1.54, 1.807) is 0 Å². The monoisotopic (exact) mass is 342 g/mol. The van der Waals surface area contributed by atoms with Crippen LogP contribution in [0.4, 0.5) is 0 Å². The minimum atomic E-state index is 0.154. The zero-order valence-corrected chi connectivity index (χ0v) is 14.7. The van der Waals surface area contributed by atoms with Gasteiger partial charge in [-0.15, -0.1) is 11.3 Å². The highest BCUT2D eigenvalue weighted by Crippen LogP contribution is 2.36. The molecule has 2 rings (SSSR count). The molecule has 114 valence electrons. The first-order chi connectivity index (χ1) is 10.1. The van der Waals surface area contributed by atoms with E-state index in [1.807, 2.05) is 12.3 Å². The second-order valence-electron chi connectivity index (χ2n) is 5.00. The number of pyridine rings is 1. The molecule has 1 atom stereocenters. The molecule has 21 heavy (non-hydrogen) atoms. The Bertz CT molecular complexity index is 566. The predicted octanol–water partition coefficient (Wildman–Crippen LogP) is 5.30. The van der Waals surface area contributed by atoms with E-state index in [0.29, 0.717) is 0 Å². The number of hydrogen-bond acceptors (Lipinski definition) is 3. The summed E-state index contributed by atoms with van der Waals surface area (Å²) in [6.45, 7) is 5.23. The van der Waals surface area contributed by atoms with Gasteiger partial charge in [0.25, 0.3) is 0 Å². The summed E-state index contributed by atoms with van der Waals surface area (Å²) in [5.74, 6) is 0.